The molecule has 0 saturated carbocycles. The van der Waals surface area contributed by atoms with Crippen molar-refractivity contribution < 1.29 is 17.9 Å². The average Bonchev–Trinajstić information content (AvgIpc) is 2.83. The van der Waals surface area contributed by atoms with E-state index in [1.54, 1.807) is 0 Å². The van der Waals surface area contributed by atoms with Gasteiger partial charge in [0.15, 0.2) is 0 Å². The molecule has 1 nitrogen and oxygen atoms in total. The number of unbranched alkanes of at least 4 members (excludes halogenated alkanes) is 3. The van der Waals surface area contributed by atoms with Gasteiger partial charge in [-0.3, -0.25) is 0 Å². The maximum absolute atomic E-state index is 12.2. The first-order valence-electron chi connectivity index (χ1n) is 15.3. The van der Waals surface area contributed by atoms with E-state index < -0.39 is 24.7 Å². The van der Waals surface area contributed by atoms with Crippen molar-refractivity contribution in [3.8, 4) is 0 Å². The summed E-state index contributed by atoms with van der Waals surface area (Å²) in [5.74, 6) is 1.08. The van der Waals surface area contributed by atoms with Crippen molar-refractivity contribution in [2.75, 3.05) is 0 Å². The van der Waals surface area contributed by atoms with Crippen molar-refractivity contribution in [3.63, 3.8) is 0 Å². The van der Waals surface area contributed by atoms with Crippen molar-refractivity contribution in [3.05, 3.63) is 45.8 Å². The third-order valence-electron chi connectivity index (χ3n) is 7.72. The Morgan fingerprint density at radius 1 is 0.816 bits per heavy atom. The summed E-state index contributed by atoms with van der Waals surface area (Å²) in [6.45, 7) is 19.4. The normalized spacial score (nSPS) is 14.5. The van der Waals surface area contributed by atoms with E-state index in [0.717, 1.165) is 19.3 Å². The predicted octanol–water partition coefficient (Wildman–Crippen LogP) is 12.5. The second kappa shape index (κ2) is 21.1. The van der Waals surface area contributed by atoms with Gasteiger partial charge in [0.25, 0.3) is 0 Å². The van der Waals surface area contributed by atoms with E-state index in [9.17, 15) is 13.2 Å². The molecule has 0 aliphatic carbocycles. The third-order valence-corrected chi connectivity index (χ3v) is 21.8. The van der Waals surface area contributed by atoms with Gasteiger partial charge in [0.1, 0.15) is 0 Å². The second-order valence-corrected chi connectivity index (χ2v) is 24.8. The molecular formula is C33H59F3OSn. The molecule has 0 aromatic heterocycles. The third kappa shape index (κ3) is 19.4. The number of hydrogen-bond acceptors (Lipinski definition) is 1. The van der Waals surface area contributed by atoms with E-state index in [0.29, 0.717) is 18.3 Å². The molecule has 0 aliphatic rings. The van der Waals surface area contributed by atoms with Gasteiger partial charge < -0.3 is 4.74 Å². The van der Waals surface area contributed by atoms with Gasteiger partial charge >= 0.3 is 202 Å². The molecule has 0 aromatic carbocycles. The quantitative estimate of drug-likeness (QED) is 0.0646. The molecule has 0 bridgehead atoms. The molecule has 1 unspecified atom stereocenters. The molecule has 0 N–H and O–H groups in total. The molecule has 0 rings (SSSR count). The van der Waals surface area contributed by atoms with Crippen molar-refractivity contribution in [1.82, 2.24) is 0 Å². The Bertz CT molecular complexity index is 696. The molecule has 222 valence electrons. The largest absolute Gasteiger partial charge is 0.572 e. The molecule has 0 aliphatic heterocycles. The van der Waals surface area contributed by atoms with E-state index in [2.05, 4.69) is 69.1 Å². The Balaban J connectivity index is 4.95. The smallest absolute Gasteiger partial charge is 0.411 e. The number of alkyl halides is 3. The van der Waals surface area contributed by atoms with Crippen LogP contribution < -0.4 is 0 Å². The molecule has 0 radical (unpaired) electrons. The zero-order valence-electron chi connectivity index (χ0n) is 25.8. The predicted molar refractivity (Wildman–Crippen MR) is 164 cm³/mol. The number of hydrogen-bond donors (Lipinski definition) is 0. The molecule has 0 spiro atoms. The number of rotatable bonds is 22. The molecule has 1 atom stereocenters. The van der Waals surface area contributed by atoms with Crippen LogP contribution in [0, 0.1) is 11.8 Å². The Morgan fingerprint density at radius 3 is 1.74 bits per heavy atom. The number of ether oxygens (including phenoxy) is 1. The van der Waals surface area contributed by atoms with E-state index in [-0.39, 0.29) is 12.2 Å². The summed E-state index contributed by atoms with van der Waals surface area (Å²) >= 11 is -2.24. The molecule has 0 saturated heterocycles. The zero-order valence-corrected chi connectivity index (χ0v) is 28.7. The summed E-state index contributed by atoms with van der Waals surface area (Å²) < 4.78 is 47.9. The minimum atomic E-state index is -4.65. The van der Waals surface area contributed by atoms with Crippen LogP contribution in [0.2, 0.25) is 13.3 Å². The van der Waals surface area contributed by atoms with Crippen LogP contribution in [0.25, 0.3) is 0 Å². The fourth-order valence-electron chi connectivity index (χ4n) is 5.03. The van der Waals surface area contributed by atoms with Crippen LogP contribution in [0.15, 0.2) is 45.8 Å². The van der Waals surface area contributed by atoms with Crippen LogP contribution in [0.1, 0.15) is 126 Å². The van der Waals surface area contributed by atoms with Crippen LogP contribution in [0.5, 0.6) is 0 Å². The van der Waals surface area contributed by atoms with Gasteiger partial charge in [-0.15, -0.1) is 13.2 Å². The molecule has 0 aromatic rings. The zero-order chi connectivity index (χ0) is 29.0. The number of halogens is 3. The van der Waals surface area contributed by atoms with E-state index >= 15 is 0 Å². The maximum Gasteiger partial charge on any atom is 0.572 e. The molecular weight excluding hydrogens is 588 g/mol. The van der Waals surface area contributed by atoms with Crippen molar-refractivity contribution in [2.45, 2.75) is 145 Å². The van der Waals surface area contributed by atoms with E-state index in [1.807, 2.05) is 13.0 Å². The topological polar surface area (TPSA) is 9.23 Å². The van der Waals surface area contributed by atoms with Gasteiger partial charge in [-0.25, -0.2) is 0 Å². The maximum atomic E-state index is 12.2. The van der Waals surface area contributed by atoms with Gasteiger partial charge in [-0.1, -0.05) is 6.58 Å². The van der Waals surface area contributed by atoms with Gasteiger partial charge in [-0.05, 0) is 0 Å². The summed E-state index contributed by atoms with van der Waals surface area (Å²) in [4.78, 5) is 0. The monoisotopic (exact) mass is 648 g/mol. The van der Waals surface area contributed by atoms with Crippen molar-refractivity contribution in [2.24, 2.45) is 11.8 Å². The van der Waals surface area contributed by atoms with Crippen LogP contribution >= 0.6 is 0 Å². The van der Waals surface area contributed by atoms with Crippen LogP contribution in [0.4, 0.5) is 13.2 Å². The SMILES string of the molecule is C=C(CC/C=C(\C)CC/C=C(\C)CCC(/C=[CH]/[Sn]([CH2]CCC)([CH2]CCC)[CH2]CCC)C(C)C)OC(F)(F)F. The summed E-state index contributed by atoms with van der Waals surface area (Å²) in [5.41, 5.74) is 2.65. The van der Waals surface area contributed by atoms with Gasteiger partial charge in [0, 0.05) is 6.42 Å². The van der Waals surface area contributed by atoms with Gasteiger partial charge in [-0.2, -0.15) is 0 Å². The second-order valence-electron chi connectivity index (χ2n) is 11.7. The van der Waals surface area contributed by atoms with Gasteiger partial charge in [0.2, 0.25) is 0 Å². The first kappa shape index (κ1) is 37.3. The Kier molecular flexibility index (Phi) is 20.8. The summed E-state index contributed by atoms with van der Waals surface area (Å²) in [5, 5.41) is 0. The molecule has 0 heterocycles. The Labute approximate surface area is 238 Å². The fourth-order valence-corrected chi connectivity index (χ4v) is 19.5. The van der Waals surface area contributed by atoms with E-state index in [1.165, 1.54) is 69.4 Å². The molecule has 38 heavy (non-hydrogen) atoms. The minimum Gasteiger partial charge on any atom is -0.411 e. The fraction of sp³-hybridized carbons (Fsp3) is 0.758. The molecule has 0 amide bonds. The van der Waals surface area contributed by atoms with Crippen LogP contribution in [-0.2, 0) is 4.74 Å². The standard InChI is InChI=1S/C21H32F3O.3C4H9.Sn/c1-7-20(16(2)3)15-14-18(5)11-8-10-17(4)12-9-13-19(6)25-21(22,23)24;3*1-3-4-2;/h1,7,11-12,16,20H,6,8-10,13-15H2,2-5H3;3*1,3-4H2,2H3;/b7-1?,17-12+,18-11+;;;;. The van der Waals surface area contributed by atoms with Gasteiger partial charge in [0.05, 0.1) is 5.76 Å². The minimum absolute atomic E-state index is 0.191. The Morgan fingerprint density at radius 2 is 1.29 bits per heavy atom. The molecule has 0 fully saturated rings. The first-order valence-corrected chi connectivity index (χ1v) is 23.0. The van der Waals surface area contributed by atoms with Crippen LogP contribution in [0.3, 0.4) is 0 Å². The summed E-state index contributed by atoms with van der Waals surface area (Å²) in [7, 11) is 0. The average molecular weight is 648 g/mol. The number of allylic oxidation sites excluding steroid dienone is 6. The first-order chi connectivity index (χ1) is 17.9. The van der Waals surface area contributed by atoms with Crippen molar-refractivity contribution >= 4 is 18.4 Å². The molecule has 5 heteroatoms. The summed E-state index contributed by atoms with van der Waals surface area (Å²) in [6, 6.07) is 0. The van der Waals surface area contributed by atoms with E-state index in [4.69, 9.17) is 0 Å². The Hall–Kier alpha value is -0.651. The van der Waals surface area contributed by atoms with Crippen LogP contribution in [-0.4, -0.2) is 24.7 Å². The van der Waals surface area contributed by atoms with Crippen molar-refractivity contribution in [1.29, 1.82) is 0 Å². The summed E-state index contributed by atoms with van der Waals surface area (Å²) in [6.07, 6.45) is 15.5.